The van der Waals surface area contributed by atoms with Gasteiger partial charge in [0.1, 0.15) is 11.9 Å². The zero-order chi connectivity index (χ0) is 11.5. The summed E-state index contributed by atoms with van der Waals surface area (Å²) in [5, 5.41) is 9.06. The van der Waals surface area contributed by atoms with Gasteiger partial charge in [-0.1, -0.05) is 12.8 Å². The summed E-state index contributed by atoms with van der Waals surface area (Å²) < 4.78 is 0. The molecule has 84 valence electrons. The maximum absolute atomic E-state index is 9.06. The molecule has 1 aromatic rings. The first-order valence-electron chi connectivity index (χ1n) is 5.61. The molecule has 0 aliphatic heterocycles. The number of nitriles is 1. The molecule has 1 aromatic heterocycles. The van der Waals surface area contributed by atoms with Crippen molar-refractivity contribution in [2.45, 2.75) is 31.7 Å². The molecule has 0 amide bonds. The molecule has 1 saturated carbocycles. The maximum atomic E-state index is 9.06. The van der Waals surface area contributed by atoms with E-state index in [1.54, 1.807) is 12.3 Å². The Morgan fingerprint density at radius 3 is 2.81 bits per heavy atom. The van der Waals surface area contributed by atoms with Crippen molar-refractivity contribution in [1.29, 1.82) is 5.26 Å². The number of pyridine rings is 1. The molecule has 1 aliphatic carbocycles. The van der Waals surface area contributed by atoms with E-state index >= 15 is 0 Å². The highest BCUT2D eigenvalue weighted by Gasteiger charge is 2.22. The van der Waals surface area contributed by atoms with Crippen molar-refractivity contribution in [3.8, 4) is 6.07 Å². The Kier molecular flexibility index (Phi) is 2.95. The molecule has 0 aromatic carbocycles. The summed E-state index contributed by atoms with van der Waals surface area (Å²) >= 11 is 0. The van der Waals surface area contributed by atoms with Gasteiger partial charge in [0.25, 0.3) is 0 Å². The molecule has 1 fully saturated rings. The summed E-state index contributed by atoms with van der Waals surface area (Å²) in [6.45, 7) is 0. The molecule has 0 saturated heterocycles. The van der Waals surface area contributed by atoms with Crippen LogP contribution in [0.15, 0.2) is 12.3 Å². The van der Waals surface area contributed by atoms with Gasteiger partial charge in [0.15, 0.2) is 0 Å². The fraction of sp³-hybridized carbons (Fsp3) is 0.500. The van der Waals surface area contributed by atoms with Crippen LogP contribution in [-0.4, -0.2) is 18.1 Å². The second-order valence-electron chi connectivity index (χ2n) is 4.30. The average molecular weight is 216 g/mol. The fourth-order valence-electron chi connectivity index (χ4n) is 2.30. The second-order valence-corrected chi connectivity index (χ2v) is 4.30. The molecule has 0 spiro atoms. The van der Waals surface area contributed by atoms with Gasteiger partial charge in [-0.15, -0.1) is 0 Å². The van der Waals surface area contributed by atoms with Gasteiger partial charge in [0, 0.05) is 13.1 Å². The van der Waals surface area contributed by atoms with E-state index in [9.17, 15) is 0 Å². The molecule has 0 bridgehead atoms. The van der Waals surface area contributed by atoms with Crippen molar-refractivity contribution in [3.05, 3.63) is 17.8 Å². The highest BCUT2D eigenvalue weighted by atomic mass is 15.2. The predicted octanol–water partition coefficient (Wildman–Crippen LogP) is 1.91. The molecule has 4 nitrogen and oxygen atoms in total. The first kappa shape index (κ1) is 10.7. The number of hydrogen-bond donors (Lipinski definition) is 1. The first-order chi connectivity index (χ1) is 7.72. The van der Waals surface area contributed by atoms with E-state index in [0.717, 1.165) is 5.82 Å². The normalized spacial score (nSPS) is 16.0. The summed E-state index contributed by atoms with van der Waals surface area (Å²) in [6, 6.07) is 4.36. The first-order valence-corrected chi connectivity index (χ1v) is 5.61. The molecule has 0 radical (unpaired) electrons. The van der Waals surface area contributed by atoms with Crippen LogP contribution in [0.3, 0.4) is 0 Å². The predicted molar refractivity (Wildman–Crippen MR) is 64.0 cm³/mol. The summed E-state index contributed by atoms with van der Waals surface area (Å²) in [7, 11) is 2.01. The van der Waals surface area contributed by atoms with Gasteiger partial charge >= 0.3 is 0 Å². The molecule has 4 heteroatoms. The third-order valence-corrected chi connectivity index (χ3v) is 3.21. The molecule has 16 heavy (non-hydrogen) atoms. The Morgan fingerprint density at radius 1 is 1.50 bits per heavy atom. The van der Waals surface area contributed by atoms with Crippen molar-refractivity contribution in [2.24, 2.45) is 0 Å². The minimum Gasteiger partial charge on any atom is -0.397 e. The molecule has 0 unspecified atom stereocenters. The van der Waals surface area contributed by atoms with Crippen molar-refractivity contribution >= 4 is 11.5 Å². The van der Waals surface area contributed by atoms with E-state index in [2.05, 4.69) is 16.0 Å². The number of aromatic nitrogens is 1. The van der Waals surface area contributed by atoms with Gasteiger partial charge in [0.05, 0.1) is 17.4 Å². The third kappa shape index (κ3) is 1.94. The SMILES string of the molecule is CN(c1ncc(N)cc1C#N)C1CCCC1. The summed E-state index contributed by atoms with van der Waals surface area (Å²) in [5.41, 5.74) is 6.73. The largest absolute Gasteiger partial charge is 0.397 e. The number of nitrogens with two attached hydrogens (primary N) is 1. The third-order valence-electron chi connectivity index (χ3n) is 3.21. The summed E-state index contributed by atoms with van der Waals surface area (Å²) in [5.74, 6) is 0.753. The number of nitrogens with zero attached hydrogens (tertiary/aromatic N) is 3. The van der Waals surface area contributed by atoms with E-state index in [0.29, 0.717) is 17.3 Å². The van der Waals surface area contributed by atoms with Gasteiger partial charge in [-0.3, -0.25) is 0 Å². The number of anilines is 2. The number of hydrogen-bond acceptors (Lipinski definition) is 4. The smallest absolute Gasteiger partial charge is 0.146 e. The van der Waals surface area contributed by atoms with Crippen LogP contribution < -0.4 is 10.6 Å². The molecule has 0 atom stereocenters. The van der Waals surface area contributed by atoms with Crippen LogP contribution in [-0.2, 0) is 0 Å². The molecule has 2 N–H and O–H groups in total. The minimum absolute atomic E-state index is 0.517. The Labute approximate surface area is 95.7 Å². The fourth-order valence-corrected chi connectivity index (χ4v) is 2.30. The van der Waals surface area contributed by atoms with Crippen LogP contribution >= 0.6 is 0 Å². The van der Waals surface area contributed by atoms with Crippen LogP contribution in [0.1, 0.15) is 31.2 Å². The lowest BCUT2D eigenvalue weighted by molar-refractivity contribution is 0.646. The lowest BCUT2D eigenvalue weighted by Gasteiger charge is -2.26. The molecule has 1 heterocycles. The zero-order valence-electron chi connectivity index (χ0n) is 9.48. The van der Waals surface area contributed by atoms with E-state index in [-0.39, 0.29) is 0 Å². The summed E-state index contributed by atoms with van der Waals surface area (Å²) in [4.78, 5) is 6.39. The van der Waals surface area contributed by atoms with E-state index in [1.807, 2.05) is 7.05 Å². The Morgan fingerprint density at radius 2 is 2.19 bits per heavy atom. The Balaban J connectivity index is 2.28. The average Bonchev–Trinajstić information content (AvgIpc) is 2.81. The van der Waals surface area contributed by atoms with Crippen molar-refractivity contribution < 1.29 is 0 Å². The lowest BCUT2D eigenvalue weighted by Crippen LogP contribution is -2.30. The Hall–Kier alpha value is -1.76. The van der Waals surface area contributed by atoms with Gasteiger partial charge in [-0.2, -0.15) is 5.26 Å². The van der Waals surface area contributed by atoms with Crippen LogP contribution in [0.5, 0.6) is 0 Å². The monoisotopic (exact) mass is 216 g/mol. The van der Waals surface area contributed by atoms with Gasteiger partial charge in [-0.05, 0) is 18.9 Å². The van der Waals surface area contributed by atoms with E-state index in [1.165, 1.54) is 25.7 Å². The molecule has 1 aliphatic rings. The van der Waals surface area contributed by atoms with Gasteiger partial charge < -0.3 is 10.6 Å². The Bertz CT molecular complexity index is 416. The standard InChI is InChI=1S/C12H16N4/c1-16(11-4-2-3-5-11)12-9(7-13)6-10(14)8-15-12/h6,8,11H,2-5,14H2,1H3. The highest BCUT2D eigenvalue weighted by molar-refractivity contribution is 5.59. The molecular weight excluding hydrogens is 200 g/mol. The number of rotatable bonds is 2. The van der Waals surface area contributed by atoms with E-state index < -0.39 is 0 Å². The van der Waals surface area contributed by atoms with Crippen molar-refractivity contribution in [3.63, 3.8) is 0 Å². The van der Waals surface area contributed by atoms with Crippen LogP contribution in [0.25, 0.3) is 0 Å². The minimum atomic E-state index is 0.517. The molecular formula is C12H16N4. The molecule has 2 rings (SSSR count). The van der Waals surface area contributed by atoms with Crippen LogP contribution in [0, 0.1) is 11.3 Å². The van der Waals surface area contributed by atoms with E-state index in [4.69, 9.17) is 11.0 Å². The second kappa shape index (κ2) is 4.40. The van der Waals surface area contributed by atoms with Gasteiger partial charge in [0.2, 0.25) is 0 Å². The van der Waals surface area contributed by atoms with Crippen LogP contribution in [0.2, 0.25) is 0 Å². The van der Waals surface area contributed by atoms with Crippen molar-refractivity contribution in [2.75, 3.05) is 17.7 Å². The number of nitrogen functional groups attached to an aromatic ring is 1. The van der Waals surface area contributed by atoms with Crippen molar-refractivity contribution in [1.82, 2.24) is 4.98 Å². The van der Waals surface area contributed by atoms with Gasteiger partial charge in [-0.25, -0.2) is 4.98 Å². The lowest BCUT2D eigenvalue weighted by atomic mass is 10.2. The highest BCUT2D eigenvalue weighted by Crippen LogP contribution is 2.28. The summed E-state index contributed by atoms with van der Waals surface area (Å²) in [6.07, 6.45) is 6.53. The quantitative estimate of drug-likeness (QED) is 0.820. The topological polar surface area (TPSA) is 65.9 Å². The zero-order valence-corrected chi connectivity index (χ0v) is 9.48. The van der Waals surface area contributed by atoms with Crippen LogP contribution in [0.4, 0.5) is 11.5 Å². The maximum Gasteiger partial charge on any atom is 0.146 e.